The van der Waals surface area contributed by atoms with E-state index in [1.54, 1.807) is 6.26 Å². The summed E-state index contributed by atoms with van der Waals surface area (Å²) in [6.07, 6.45) is 3.64. The van der Waals surface area contributed by atoms with Crippen molar-refractivity contribution in [2.45, 2.75) is 25.2 Å². The second-order valence-corrected chi connectivity index (χ2v) is 7.68. The van der Waals surface area contributed by atoms with Crippen LogP contribution in [0.25, 0.3) is 0 Å². The molecule has 28 heavy (non-hydrogen) atoms. The Morgan fingerprint density at radius 2 is 1.43 bits per heavy atom. The van der Waals surface area contributed by atoms with Gasteiger partial charge in [0.05, 0.1) is 30.7 Å². The molecular formula is C23H22N2O3. The lowest BCUT2D eigenvalue weighted by Crippen LogP contribution is -2.44. The molecule has 2 fully saturated rings. The lowest BCUT2D eigenvalue weighted by atomic mass is 9.89. The molecule has 2 aromatic carbocycles. The number of ether oxygens (including phenoxy) is 1. The van der Waals surface area contributed by atoms with Crippen molar-refractivity contribution >= 4 is 11.8 Å². The molecule has 5 heteroatoms. The van der Waals surface area contributed by atoms with Crippen LogP contribution in [0.3, 0.4) is 0 Å². The summed E-state index contributed by atoms with van der Waals surface area (Å²) in [5.74, 6) is -0.792. The molecule has 2 bridgehead atoms. The van der Waals surface area contributed by atoms with E-state index in [4.69, 9.17) is 4.74 Å². The van der Waals surface area contributed by atoms with Gasteiger partial charge in [-0.1, -0.05) is 60.7 Å². The van der Waals surface area contributed by atoms with Crippen LogP contribution in [0.2, 0.25) is 0 Å². The second-order valence-electron chi connectivity index (χ2n) is 7.68. The fourth-order valence-corrected chi connectivity index (χ4v) is 4.83. The van der Waals surface area contributed by atoms with Gasteiger partial charge in [0, 0.05) is 12.6 Å². The number of rotatable bonds is 4. The molecule has 0 radical (unpaired) electrons. The summed E-state index contributed by atoms with van der Waals surface area (Å²) in [5, 5.41) is 0. The zero-order chi connectivity index (χ0) is 19.1. The van der Waals surface area contributed by atoms with Gasteiger partial charge in [-0.3, -0.25) is 19.4 Å². The fourth-order valence-electron chi connectivity index (χ4n) is 4.83. The minimum atomic E-state index is -0.338. The van der Waals surface area contributed by atoms with E-state index in [1.165, 1.54) is 10.5 Å². The normalized spacial score (nSPS) is 28.9. The summed E-state index contributed by atoms with van der Waals surface area (Å²) in [6.45, 7) is 1.48. The SMILES string of the molecule is O=C1[C@@H]2[C@H](C(=O)N1Cc1ccccc1)[C@H]1COC=C[C@@H]2N1Cc1ccccc1. The Morgan fingerprint density at radius 1 is 0.821 bits per heavy atom. The van der Waals surface area contributed by atoms with Crippen molar-refractivity contribution in [2.24, 2.45) is 11.8 Å². The predicted molar refractivity (Wildman–Crippen MR) is 104 cm³/mol. The molecule has 2 aromatic rings. The van der Waals surface area contributed by atoms with E-state index in [9.17, 15) is 9.59 Å². The Hall–Kier alpha value is -2.92. The standard InChI is InChI=1S/C23H22N2O3/c26-22-20-18-11-12-28-15-19(24(18)13-16-7-3-1-4-8-16)21(20)23(27)25(22)14-17-9-5-2-6-10-17/h1-12,18-21H,13-15H2/t18-,19+,20-,21+/m0/s1. The van der Waals surface area contributed by atoms with Gasteiger partial charge in [-0.15, -0.1) is 0 Å². The first-order chi connectivity index (χ1) is 13.7. The first-order valence-corrected chi connectivity index (χ1v) is 9.71. The lowest BCUT2D eigenvalue weighted by Gasteiger charge is -2.30. The van der Waals surface area contributed by atoms with Crippen LogP contribution >= 0.6 is 0 Å². The lowest BCUT2D eigenvalue weighted by molar-refractivity contribution is -0.142. The summed E-state index contributed by atoms with van der Waals surface area (Å²) in [7, 11) is 0. The number of imide groups is 1. The highest BCUT2D eigenvalue weighted by atomic mass is 16.5. The van der Waals surface area contributed by atoms with E-state index in [0.29, 0.717) is 19.7 Å². The minimum Gasteiger partial charge on any atom is -0.500 e. The maximum Gasteiger partial charge on any atom is 0.235 e. The summed E-state index contributed by atoms with van der Waals surface area (Å²) in [4.78, 5) is 30.2. The highest BCUT2D eigenvalue weighted by Gasteiger charge is 2.61. The molecule has 0 aliphatic carbocycles. The van der Waals surface area contributed by atoms with Gasteiger partial charge in [-0.05, 0) is 17.2 Å². The molecule has 142 valence electrons. The Kier molecular flexibility index (Phi) is 4.24. The molecule has 0 N–H and O–H groups in total. The quantitative estimate of drug-likeness (QED) is 0.772. The Balaban J connectivity index is 1.44. The van der Waals surface area contributed by atoms with Crippen molar-refractivity contribution in [3.8, 4) is 0 Å². The van der Waals surface area contributed by atoms with Crippen LogP contribution in [0, 0.1) is 11.8 Å². The molecule has 0 unspecified atom stereocenters. The predicted octanol–water partition coefficient (Wildman–Crippen LogP) is 2.58. The van der Waals surface area contributed by atoms with E-state index < -0.39 is 0 Å². The maximum atomic E-state index is 13.3. The number of nitrogens with zero attached hydrogens (tertiary/aromatic N) is 2. The second kappa shape index (κ2) is 6.91. The molecule has 2 amide bonds. The van der Waals surface area contributed by atoms with E-state index in [2.05, 4.69) is 17.0 Å². The molecule has 3 aliphatic heterocycles. The maximum absolute atomic E-state index is 13.3. The summed E-state index contributed by atoms with van der Waals surface area (Å²) in [5.41, 5.74) is 2.15. The third kappa shape index (κ3) is 2.74. The number of hydrogen-bond donors (Lipinski definition) is 0. The van der Waals surface area contributed by atoms with Crippen molar-refractivity contribution in [3.05, 3.63) is 84.1 Å². The van der Waals surface area contributed by atoms with Gasteiger partial charge in [0.2, 0.25) is 11.8 Å². The average Bonchev–Trinajstić information content (AvgIpc) is 3.02. The zero-order valence-corrected chi connectivity index (χ0v) is 15.5. The largest absolute Gasteiger partial charge is 0.500 e. The monoisotopic (exact) mass is 374 g/mol. The van der Waals surface area contributed by atoms with Gasteiger partial charge < -0.3 is 4.74 Å². The van der Waals surface area contributed by atoms with Crippen LogP contribution in [0.1, 0.15) is 11.1 Å². The topological polar surface area (TPSA) is 49.9 Å². The first kappa shape index (κ1) is 17.2. The van der Waals surface area contributed by atoms with Crippen LogP contribution in [-0.4, -0.2) is 40.3 Å². The van der Waals surface area contributed by atoms with Crippen molar-refractivity contribution in [1.29, 1.82) is 0 Å². The molecule has 5 rings (SSSR count). The summed E-state index contributed by atoms with van der Waals surface area (Å²) < 4.78 is 5.64. The third-order valence-corrected chi connectivity index (χ3v) is 6.11. The molecule has 3 aliphatic rings. The molecule has 4 atom stereocenters. The number of amides is 2. The van der Waals surface area contributed by atoms with E-state index in [1.807, 2.05) is 54.6 Å². The van der Waals surface area contributed by atoms with Crippen molar-refractivity contribution < 1.29 is 14.3 Å². The molecule has 5 nitrogen and oxygen atoms in total. The van der Waals surface area contributed by atoms with Gasteiger partial charge in [0.1, 0.15) is 6.61 Å². The van der Waals surface area contributed by atoms with Gasteiger partial charge in [-0.2, -0.15) is 0 Å². The van der Waals surface area contributed by atoms with Crippen molar-refractivity contribution in [2.75, 3.05) is 6.61 Å². The summed E-state index contributed by atoms with van der Waals surface area (Å²) >= 11 is 0. The van der Waals surface area contributed by atoms with Crippen molar-refractivity contribution in [1.82, 2.24) is 9.80 Å². The minimum absolute atomic E-state index is 0.0593. The van der Waals surface area contributed by atoms with Gasteiger partial charge in [0.25, 0.3) is 0 Å². The van der Waals surface area contributed by atoms with E-state index >= 15 is 0 Å². The molecule has 0 aromatic heterocycles. The Bertz CT molecular complexity index is 912. The van der Waals surface area contributed by atoms with Crippen LogP contribution in [0.5, 0.6) is 0 Å². The van der Waals surface area contributed by atoms with E-state index in [0.717, 1.165) is 5.56 Å². The van der Waals surface area contributed by atoms with Crippen LogP contribution in [-0.2, 0) is 27.4 Å². The smallest absolute Gasteiger partial charge is 0.235 e. The first-order valence-electron chi connectivity index (χ1n) is 9.71. The van der Waals surface area contributed by atoms with Gasteiger partial charge >= 0.3 is 0 Å². The van der Waals surface area contributed by atoms with Crippen LogP contribution in [0.15, 0.2) is 73.0 Å². The van der Waals surface area contributed by atoms with Crippen molar-refractivity contribution in [3.63, 3.8) is 0 Å². The number of hydrogen-bond acceptors (Lipinski definition) is 4. The van der Waals surface area contributed by atoms with Gasteiger partial charge in [0.15, 0.2) is 0 Å². The molecule has 0 spiro atoms. The Labute approximate surface area is 164 Å². The molecule has 3 heterocycles. The summed E-state index contributed by atoms with van der Waals surface area (Å²) in [6, 6.07) is 19.7. The number of carbonyl (C=O) groups is 2. The van der Waals surface area contributed by atoms with Gasteiger partial charge in [-0.25, -0.2) is 0 Å². The number of benzene rings is 2. The molecular weight excluding hydrogens is 352 g/mol. The number of likely N-dealkylation sites (tertiary alicyclic amines) is 1. The fraction of sp³-hybridized carbons (Fsp3) is 0.304. The Morgan fingerprint density at radius 3 is 2.11 bits per heavy atom. The third-order valence-electron chi connectivity index (χ3n) is 6.11. The average molecular weight is 374 g/mol. The zero-order valence-electron chi connectivity index (χ0n) is 15.5. The van der Waals surface area contributed by atoms with Crippen LogP contribution < -0.4 is 0 Å². The van der Waals surface area contributed by atoms with E-state index in [-0.39, 0.29) is 35.7 Å². The highest BCUT2D eigenvalue weighted by Crippen LogP contribution is 2.45. The number of fused-ring (bicyclic) bond motifs is 5. The number of carbonyl (C=O) groups excluding carboxylic acids is 2. The molecule has 2 saturated heterocycles. The molecule has 0 saturated carbocycles. The highest BCUT2D eigenvalue weighted by molar-refractivity contribution is 6.06. The van der Waals surface area contributed by atoms with Crippen LogP contribution in [0.4, 0.5) is 0 Å².